The molecule has 0 aliphatic rings. The lowest BCUT2D eigenvalue weighted by atomic mass is 9.80. The maximum Gasteiger partial charge on any atom is 0.488 e. The Morgan fingerprint density at radius 3 is 1.21 bits per heavy atom. The summed E-state index contributed by atoms with van der Waals surface area (Å²) in [5.74, 6) is 16.0. The van der Waals surface area contributed by atoms with E-state index in [1.165, 1.54) is 30.2 Å². The van der Waals surface area contributed by atoms with Gasteiger partial charge in [-0.2, -0.15) is 5.26 Å². The molecule has 6 nitrogen and oxygen atoms in total. The number of hydrogen-bond donors (Lipinski definition) is 2. The summed E-state index contributed by atoms with van der Waals surface area (Å²) >= 11 is 14.4. The average Bonchev–Trinajstić information content (AvgIpc) is 2.24. The van der Waals surface area contributed by atoms with Crippen molar-refractivity contribution in [2.24, 2.45) is 0 Å². The van der Waals surface area contributed by atoms with Crippen molar-refractivity contribution in [1.29, 1.82) is 5.26 Å². The van der Waals surface area contributed by atoms with E-state index in [9.17, 15) is 13.2 Å². The molecule has 0 fully saturated rings. The average molecular weight is 1280 g/mol. The third-order valence-corrected chi connectivity index (χ3v) is 13.6. The summed E-state index contributed by atoms with van der Waals surface area (Å²) in [4.78, 5) is 0. The molecular weight excluding hydrogens is 1200 g/mol. The first-order chi connectivity index (χ1) is 41.8. The van der Waals surface area contributed by atoms with E-state index in [1.54, 1.807) is 50.2 Å². The summed E-state index contributed by atoms with van der Waals surface area (Å²) in [6.45, 7) is 19.6. The van der Waals surface area contributed by atoms with Crippen molar-refractivity contribution in [2.45, 2.75) is 107 Å². The standard InChI is InChI=1S/C27H27FO.C18H16ClFO.C11H12O.C9H13BO2.C7H5BrClF.C2H3N/c1-4-6-21-7-12-23(13-8-21)24-18-20(3)26(27(28)19-24)16-11-22-9-14-25(15-10-22)29-17-5-2;1-3-10-21-16-7-4-14(5-8-16)6-9-17-13(2)11-15(19)12-18(17)20;1-3-9-12-11-7-5-10(4-2)6-8-11;1-2-3-8-4-6-9(7-5-8)10(11)12;1-4-2-5(9)3-6(10)7(4)8;1-2-3/h7-10,12-15,18-19H,4-6,17H2,1-3H3;4-5,7-8,11-12H,3,10H2,1-2H3;2,5-8H,3,9H2,1H3;4-7,11-12H,2-3H2,1H3;2-3H,1H3;1H3. The predicted molar refractivity (Wildman–Crippen MR) is 359 cm³/mol. The molecule has 0 bridgehead atoms. The zero-order chi connectivity index (χ0) is 64.1. The molecule has 0 radical (unpaired) electrons. The van der Waals surface area contributed by atoms with Crippen LogP contribution in [0.1, 0.15) is 129 Å². The quantitative estimate of drug-likeness (QED) is 0.0604. The normalized spacial score (nSPS) is 9.69. The SMILES string of the molecule is C#Cc1ccc(OCCC)cc1.CC#N.CCCOc1ccc(C#Cc2c(C)cc(-c3ccc(CCC)cc3)cc2F)cc1.CCCOc1ccc(C#Cc2c(C)cc(Cl)cc2F)cc1.CCCc1ccc(B(O)O)cc1.Cc1cc(Cl)cc(F)c1Br. The number of aryl methyl sites for hydroxylation is 5. The Morgan fingerprint density at radius 1 is 0.483 bits per heavy atom. The van der Waals surface area contributed by atoms with Crippen LogP contribution in [0.5, 0.6) is 17.2 Å². The number of nitrogens with zero attached hydrogens (tertiary/aromatic N) is 1. The largest absolute Gasteiger partial charge is 0.494 e. The summed E-state index contributed by atoms with van der Waals surface area (Å²) in [7, 11) is -1.35. The fraction of sp³-hybridized carbons (Fsp3) is 0.257. The zero-order valence-electron chi connectivity index (χ0n) is 51.1. The molecule has 0 aliphatic heterocycles. The number of benzene rings is 8. The van der Waals surface area contributed by atoms with Crippen molar-refractivity contribution in [1.82, 2.24) is 0 Å². The highest BCUT2D eigenvalue weighted by Crippen LogP contribution is 2.27. The molecular formula is C74H76BBrCl2F3NO5. The molecule has 0 saturated carbocycles. The van der Waals surface area contributed by atoms with Gasteiger partial charge >= 0.3 is 7.12 Å². The zero-order valence-corrected chi connectivity index (χ0v) is 54.2. The monoisotopic (exact) mass is 1280 g/mol. The minimum Gasteiger partial charge on any atom is -0.494 e. The van der Waals surface area contributed by atoms with Crippen molar-refractivity contribution in [3.63, 3.8) is 0 Å². The minimum absolute atomic E-state index is 0.284. The number of halogens is 6. The smallest absolute Gasteiger partial charge is 0.488 e. The van der Waals surface area contributed by atoms with Gasteiger partial charge in [-0.05, 0) is 222 Å². The molecule has 87 heavy (non-hydrogen) atoms. The summed E-state index contributed by atoms with van der Waals surface area (Å²) in [6.07, 6.45) is 12.5. The van der Waals surface area contributed by atoms with Gasteiger partial charge in [-0.25, -0.2) is 13.2 Å². The first kappa shape index (κ1) is 73.4. The Hall–Kier alpha value is -7.84. The van der Waals surface area contributed by atoms with E-state index in [0.717, 1.165) is 113 Å². The van der Waals surface area contributed by atoms with Crippen molar-refractivity contribution >= 4 is 51.7 Å². The van der Waals surface area contributed by atoms with Crippen LogP contribution in [0, 0.1) is 85.6 Å². The molecule has 8 aromatic carbocycles. The van der Waals surface area contributed by atoms with Gasteiger partial charge in [0, 0.05) is 33.7 Å². The molecule has 0 unspecified atom stereocenters. The van der Waals surface area contributed by atoms with Gasteiger partial charge in [0.15, 0.2) is 0 Å². The molecule has 0 aliphatic carbocycles. The molecule has 452 valence electrons. The molecule has 0 spiro atoms. The van der Waals surface area contributed by atoms with Gasteiger partial charge in [0.25, 0.3) is 0 Å². The molecule has 0 saturated heterocycles. The number of rotatable bonds is 15. The molecule has 0 amide bonds. The Morgan fingerprint density at radius 2 is 0.851 bits per heavy atom. The Kier molecular flexibility index (Phi) is 34.8. The molecule has 8 aromatic rings. The molecule has 2 N–H and O–H groups in total. The van der Waals surface area contributed by atoms with Crippen LogP contribution >= 0.6 is 39.1 Å². The summed E-state index contributed by atoms with van der Waals surface area (Å²) in [5.41, 5.74) is 10.7. The van der Waals surface area contributed by atoms with Gasteiger partial charge in [0.1, 0.15) is 34.7 Å². The number of hydrogen-bond acceptors (Lipinski definition) is 6. The molecule has 13 heteroatoms. The van der Waals surface area contributed by atoms with E-state index >= 15 is 0 Å². The lowest BCUT2D eigenvalue weighted by Gasteiger charge is -2.08. The van der Waals surface area contributed by atoms with E-state index in [2.05, 4.69) is 104 Å². The van der Waals surface area contributed by atoms with Crippen molar-refractivity contribution in [3.8, 4) is 70.5 Å². The van der Waals surface area contributed by atoms with Crippen molar-refractivity contribution in [3.05, 3.63) is 245 Å². The second kappa shape index (κ2) is 41.3. The first-order valence-electron chi connectivity index (χ1n) is 28.7. The van der Waals surface area contributed by atoms with Crippen LogP contribution in [-0.4, -0.2) is 37.0 Å². The summed E-state index contributed by atoms with van der Waals surface area (Å²) in [5, 5.41) is 25.7. The summed E-state index contributed by atoms with van der Waals surface area (Å²) in [6, 6.07) is 49.6. The van der Waals surface area contributed by atoms with E-state index in [4.69, 9.17) is 59.1 Å². The second-order valence-corrected chi connectivity index (χ2v) is 21.2. The minimum atomic E-state index is -1.35. The molecule has 0 aromatic heterocycles. The van der Waals surface area contributed by atoms with E-state index in [1.807, 2.05) is 97.9 Å². The van der Waals surface area contributed by atoms with Gasteiger partial charge in [0.2, 0.25) is 0 Å². The molecule has 8 rings (SSSR count). The lowest BCUT2D eigenvalue weighted by Crippen LogP contribution is -2.29. The first-order valence-corrected chi connectivity index (χ1v) is 30.3. The molecule has 0 atom stereocenters. The fourth-order valence-electron chi connectivity index (χ4n) is 7.76. The predicted octanol–water partition coefficient (Wildman–Crippen LogP) is 18.8. The highest BCUT2D eigenvalue weighted by Gasteiger charge is 2.11. The van der Waals surface area contributed by atoms with Crippen LogP contribution < -0.4 is 19.7 Å². The van der Waals surface area contributed by atoms with Gasteiger partial charge < -0.3 is 24.3 Å². The van der Waals surface area contributed by atoms with Crippen LogP contribution in [0.2, 0.25) is 10.0 Å². The van der Waals surface area contributed by atoms with Crippen LogP contribution in [0.4, 0.5) is 13.2 Å². The topological polar surface area (TPSA) is 91.9 Å². The number of nitriles is 1. The Labute approximate surface area is 534 Å². The Bertz CT molecular complexity index is 3500. The maximum absolute atomic E-state index is 14.8. The van der Waals surface area contributed by atoms with Crippen LogP contribution in [0.3, 0.4) is 0 Å². The van der Waals surface area contributed by atoms with E-state index < -0.39 is 12.9 Å². The maximum atomic E-state index is 14.8. The third kappa shape index (κ3) is 27.6. The molecule has 0 heterocycles. The second-order valence-electron chi connectivity index (χ2n) is 19.5. The lowest BCUT2D eigenvalue weighted by molar-refractivity contribution is 0.317. The van der Waals surface area contributed by atoms with Gasteiger partial charge in [-0.15, -0.1) is 6.42 Å². The van der Waals surface area contributed by atoms with Crippen LogP contribution in [0.15, 0.2) is 162 Å². The van der Waals surface area contributed by atoms with Gasteiger partial charge in [0.05, 0.1) is 41.5 Å². The van der Waals surface area contributed by atoms with E-state index in [-0.39, 0.29) is 11.6 Å². The Balaban J connectivity index is 0.000000298. The van der Waals surface area contributed by atoms with Crippen LogP contribution in [0.25, 0.3) is 11.1 Å². The number of terminal acetylenes is 1. The highest BCUT2D eigenvalue weighted by atomic mass is 79.9. The van der Waals surface area contributed by atoms with Crippen LogP contribution in [-0.2, 0) is 12.8 Å². The number of ether oxygens (including phenoxy) is 3. The van der Waals surface area contributed by atoms with Gasteiger partial charge in [-0.1, -0.05) is 149 Å². The summed E-state index contributed by atoms with van der Waals surface area (Å²) < 4.78 is 58.2. The fourth-order valence-corrected chi connectivity index (χ4v) is 8.51. The van der Waals surface area contributed by atoms with Crippen molar-refractivity contribution < 1.29 is 37.4 Å². The highest BCUT2D eigenvalue weighted by molar-refractivity contribution is 9.10. The van der Waals surface area contributed by atoms with Gasteiger partial charge in [-0.3, -0.25) is 0 Å². The third-order valence-electron chi connectivity index (χ3n) is 12.2. The van der Waals surface area contributed by atoms with E-state index in [0.29, 0.717) is 44.3 Å². The van der Waals surface area contributed by atoms with Crippen molar-refractivity contribution in [2.75, 3.05) is 19.8 Å².